The first-order valence-electron chi connectivity index (χ1n) is 12.6. The van der Waals surface area contributed by atoms with Crippen molar-refractivity contribution >= 4 is 40.6 Å². The molecule has 2 aromatic carbocycles. The summed E-state index contributed by atoms with van der Waals surface area (Å²) in [6.07, 6.45) is 3.01. The van der Waals surface area contributed by atoms with E-state index in [9.17, 15) is 14.4 Å². The topological polar surface area (TPSA) is 105 Å². The van der Waals surface area contributed by atoms with Crippen molar-refractivity contribution in [1.29, 1.82) is 0 Å². The van der Waals surface area contributed by atoms with Gasteiger partial charge in [-0.15, -0.1) is 0 Å². The minimum absolute atomic E-state index is 0.0242. The second-order valence-electron chi connectivity index (χ2n) is 9.53. The van der Waals surface area contributed by atoms with E-state index in [-0.39, 0.29) is 27.8 Å². The first-order chi connectivity index (χ1) is 17.2. The van der Waals surface area contributed by atoms with E-state index in [1.54, 1.807) is 36.4 Å². The minimum atomic E-state index is -0.223. The Morgan fingerprint density at radius 1 is 1.00 bits per heavy atom. The van der Waals surface area contributed by atoms with Crippen LogP contribution in [0.15, 0.2) is 36.4 Å². The van der Waals surface area contributed by atoms with Crippen molar-refractivity contribution in [2.24, 2.45) is 0 Å². The summed E-state index contributed by atoms with van der Waals surface area (Å²) in [7, 11) is 1.92. The number of nitrogen functional groups attached to an aromatic ring is 1. The molecule has 0 saturated heterocycles. The summed E-state index contributed by atoms with van der Waals surface area (Å²) in [5.74, 6) is 0.519. The van der Waals surface area contributed by atoms with Crippen LogP contribution in [-0.4, -0.2) is 66.1 Å². The average Bonchev–Trinajstić information content (AvgIpc) is 2.88. The second-order valence-corrected chi connectivity index (χ2v) is 11.2. The number of hydrogen-bond donors (Lipinski definition) is 3. The number of hydrogen-bond acceptors (Lipinski definition) is 7. The largest absolute Gasteiger partial charge is 0.398 e. The Labute approximate surface area is 218 Å². The van der Waals surface area contributed by atoms with E-state index < -0.39 is 0 Å². The maximum Gasteiger partial charge on any atom is 0.234 e. The van der Waals surface area contributed by atoms with Crippen molar-refractivity contribution in [1.82, 2.24) is 10.2 Å². The number of benzene rings is 2. The van der Waals surface area contributed by atoms with Crippen LogP contribution in [0.1, 0.15) is 71.9 Å². The number of nitrogens with zero attached hydrogens (tertiary/aromatic N) is 1. The fraction of sp³-hybridized carbons (Fsp3) is 0.464. The van der Waals surface area contributed by atoms with Gasteiger partial charge >= 0.3 is 0 Å². The molecule has 0 bridgehead atoms. The molecule has 4 N–H and O–H groups in total. The lowest BCUT2D eigenvalue weighted by atomic mass is 9.82. The number of ketones is 2. The monoisotopic (exact) mass is 510 g/mol. The van der Waals surface area contributed by atoms with Crippen LogP contribution in [0, 0.1) is 0 Å². The Hall–Kier alpha value is -2.84. The molecule has 194 valence electrons. The molecule has 0 atom stereocenters. The number of carbonyl (C=O) groups is 3. The molecule has 2 aromatic rings. The summed E-state index contributed by atoms with van der Waals surface area (Å²) in [4.78, 5) is 40.5. The maximum atomic E-state index is 13.2. The summed E-state index contributed by atoms with van der Waals surface area (Å²) in [5, 5.41) is 6.31. The Kier molecular flexibility index (Phi) is 9.56. The van der Waals surface area contributed by atoms with Crippen molar-refractivity contribution in [3.63, 3.8) is 0 Å². The van der Waals surface area contributed by atoms with Gasteiger partial charge in [0, 0.05) is 52.6 Å². The fourth-order valence-electron chi connectivity index (χ4n) is 4.29. The van der Waals surface area contributed by atoms with Crippen LogP contribution >= 0.6 is 11.8 Å². The highest BCUT2D eigenvalue weighted by Crippen LogP contribution is 2.35. The van der Waals surface area contributed by atoms with Gasteiger partial charge < -0.3 is 16.4 Å². The summed E-state index contributed by atoms with van der Waals surface area (Å²) < 4.78 is 0.277. The zero-order valence-electron chi connectivity index (χ0n) is 21.8. The van der Waals surface area contributed by atoms with E-state index in [2.05, 4.69) is 31.4 Å². The van der Waals surface area contributed by atoms with Crippen LogP contribution < -0.4 is 16.4 Å². The predicted molar refractivity (Wildman–Crippen MR) is 149 cm³/mol. The number of thioether (sulfide) groups is 1. The highest BCUT2D eigenvalue weighted by Gasteiger charge is 2.33. The van der Waals surface area contributed by atoms with Crippen LogP contribution in [0.4, 0.5) is 11.4 Å². The minimum Gasteiger partial charge on any atom is -0.398 e. The number of amides is 1. The molecule has 0 aliphatic heterocycles. The smallest absolute Gasteiger partial charge is 0.234 e. The molecule has 7 nitrogen and oxygen atoms in total. The molecule has 0 saturated carbocycles. The molecular weight excluding hydrogens is 472 g/mol. The number of fused-ring (bicyclic) bond motifs is 2. The Morgan fingerprint density at radius 2 is 1.64 bits per heavy atom. The lowest BCUT2D eigenvalue weighted by molar-refractivity contribution is -0.121. The standard InChI is InChI=1S/C28H38N4O3S/c1-5-28(3,6-2)36-17-15-31-23(33)18-32(4)16-9-14-30-22-13-12-21(29)24-25(22)27(35)20-11-8-7-10-19(20)26(24)34/h7-8,10-13,30H,5-6,9,14-18,29H2,1-4H3,(H,31,33). The van der Waals surface area contributed by atoms with E-state index in [1.807, 2.05) is 23.7 Å². The highest BCUT2D eigenvalue weighted by atomic mass is 32.2. The third-order valence-electron chi connectivity index (χ3n) is 6.92. The van der Waals surface area contributed by atoms with Crippen molar-refractivity contribution in [2.75, 3.05) is 50.0 Å². The number of carbonyl (C=O) groups excluding carboxylic acids is 3. The van der Waals surface area contributed by atoms with Crippen LogP contribution in [0.5, 0.6) is 0 Å². The molecule has 1 aliphatic rings. The van der Waals surface area contributed by atoms with Crippen molar-refractivity contribution in [3.8, 4) is 0 Å². The van der Waals surface area contributed by atoms with Crippen LogP contribution in [0.25, 0.3) is 0 Å². The number of anilines is 2. The first-order valence-corrected chi connectivity index (χ1v) is 13.6. The number of rotatable bonds is 13. The molecule has 8 heteroatoms. The van der Waals surface area contributed by atoms with Gasteiger partial charge in [0.15, 0.2) is 11.6 Å². The molecule has 0 aromatic heterocycles. The zero-order valence-corrected chi connectivity index (χ0v) is 22.6. The molecule has 1 aliphatic carbocycles. The Morgan fingerprint density at radius 3 is 2.28 bits per heavy atom. The van der Waals surface area contributed by atoms with Crippen LogP contribution in [-0.2, 0) is 4.79 Å². The normalized spacial score (nSPS) is 12.9. The maximum absolute atomic E-state index is 13.2. The first kappa shape index (κ1) is 27.7. The van der Waals surface area contributed by atoms with E-state index >= 15 is 0 Å². The molecule has 0 spiro atoms. The molecule has 0 radical (unpaired) electrons. The van der Waals surface area contributed by atoms with E-state index in [0.717, 1.165) is 25.0 Å². The Balaban J connectivity index is 1.47. The van der Waals surface area contributed by atoms with Crippen LogP contribution in [0.3, 0.4) is 0 Å². The summed E-state index contributed by atoms with van der Waals surface area (Å²) >= 11 is 1.92. The van der Waals surface area contributed by atoms with Gasteiger partial charge in [0.25, 0.3) is 0 Å². The van der Waals surface area contributed by atoms with Gasteiger partial charge in [-0.3, -0.25) is 19.3 Å². The summed E-state index contributed by atoms with van der Waals surface area (Å²) in [6, 6.07) is 10.3. The van der Waals surface area contributed by atoms with Crippen LogP contribution in [0.2, 0.25) is 0 Å². The van der Waals surface area contributed by atoms with Crippen molar-refractivity contribution in [2.45, 2.75) is 44.8 Å². The molecule has 3 rings (SSSR count). The second kappa shape index (κ2) is 12.4. The molecule has 0 heterocycles. The third-order valence-corrected chi connectivity index (χ3v) is 8.61. The molecular formula is C28H38N4O3S. The molecule has 0 unspecified atom stereocenters. The van der Waals surface area contributed by atoms with Crippen molar-refractivity contribution < 1.29 is 14.4 Å². The van der Waals surface area contributed by atoms with Gasteiger partial charge in [-0.2, -0.15) is 11.8 Å². The number of nitrogens with two attached hydrogens (primary N) is 1. The van der Waals surface area contributed by atoms with Gasteiger partial charge in [0.1, 0.15) is 0 Å². The predicted octanol–water partition coefficient (Wildman–Crippen LogP) is 4.21. The van der Waals surface area contributed by atoms with E-state index in [0.29, 0.717) is 54.2 Å². The van der Waals surface area contributed by atoms with Gasteiger partial charge in [-0.25, -0.2) is 0 Å². The lowest BCUT2D eigenvalue weighted by Crippen LogP contribution is -2.37. The average molecular weight is 511 g/mol. The summed E-state index contributed by atoms with van der Waals surface area (Å²) in [6.45, 7) is 9.00. The molecule has 36 heavy (non-hydrogen) atoms. The molecule has 0 fully saturated rings. The zero-order chi connectivity index (χ0) is 26.3. The number of nitrogens with one attached hydrogen (secondary N) is 2. The Bertz CT molecular complexity index is 1110. The SMILES string of the molecule is CCC(C)(CC)SCCNC(=O)CN(C)CCCNc1ccc(N)c2c1C(=O)c1ccccc1C2=O. The third kappa shape index (κ3) is 6.48. The van der Waals surface area contributed by atoms with Gasteiger partial charge in [-0.05, 0) is 38.4 Å². The van der Waals surface area contributed by atoms with Gasteiger partial charge in [-0.1, -0.05) is 45.0 Å². The lowest BCUT2D eigenvalue weighted by Gasteiger charge is -2.26. The fourth-order valence-corrected chi connectivity index (χ4v) is 5.39. The number of likely N-dealkylation sites (N-methyl/N-ethyl adjacent to an activating group) is 1. The van der Waals surface area contributed by atoms with Crippen molar-refractivity contribution in [3.05, 3.63) is 58.7 Å². The quantitative estimate of drug-likeness (QED) is 0.234. The summed E-state index contributed by atoms with van der Waals surface area (Å²) in [5.41, 5.74) is 8.41. The van der Waals surface area contributed by atoms with E-state index in [1.165, 1.54) is 0 Å². The molecule has 1 amide bonds. The van der Waals surface area contributed by atoms with E-state index in [4.69, 9.17) is 5.73 Å². The van der Waals surface area contributed by atoms with Gasteiger partial charge in [0.05, 0.1) is 17.7 Å². The highest BCUT2D eigenvalue weighted by molar-refractivity contribution is 8.00. The van der Waals surface area contributed by atoms with Gasteiger partial charge in [0.2, 0.25) is 5.91 Å².